The normalized spacial score (nSPS) is 13.8. The summed E-state index contributed by atoms with van der Waals surface area (Å²) in [6, 6.07) is 25.4. The molecule has 0 radical (unpaired) electrons. The molecule has 0 aromatic heterocycles. The molecule has 0 saturated carbocycles. The van der Waals surface area contributed by atoms with Gasteiger partial charge in [-0.25, -0.2) is 9.59 Å². The molecule has 0 heterocycles. The first-order chi connectivity index (χ1) is 19.7. The van der Waals surface area contributed by atoms with Crippen molar-refractivity contribution in [3.05, 3.63) is 152 Å². The van der Waals surface area contributed by atoms with Crippen LogP contribution in [-0.2, 0) is 9.47 Å². The molecule has 6 heteroatoms. The number of ether oxygens (including phenoxy) is 2. The van der Waals surface area contributed by atoms with E-state index in [4.69, 9.17) is 9.47 Å². The number of Topliss-reactive ketones (excluding diaryl/α,β-unsaturated/α-hetero) is 2. The number of fused-ring (bicyclic) bond motifs is 3. The zero-order chi connectivity index (χ0) is 28.8. The smallest absolute Gasteiger partial charge is 0.343 e. The largest absolute Gasteiger partial charge is 0.421 e. The van der Waals surface area contributed by atoms with Gasteiger partial charge in [0.15, 0.2) is 23.1 Å². The highest BCUT2D eigenvalue weighted by molar-refractivity contribution is 6.34. The molecule has 2 aliphatic rings. The molecule has 0 spiro atoms. The van der Waals surface area contributed by atoms with E-state index in [0.29, 0.717) is 11.1 Å². The van der Waals surface area contributed by atoms with Crippen LogP contribution >= 0.6 is 0 Å². The molecule has 0 fully saturated rings. The van der Waals surface area contributed by atoms with Crippen molar-refractivity contribution >= 4 is 35.0 Å². The first kappa shape index (κ1) is 25.9. The number of ketones is 2. The summed E-state index contributed by atoms with van der Waals surface area (Å²) < 4.78 is 11.9. The van der Waals surface area contributed by atoms with Crippen molar-refractivity contribution in [2.75, 3.05) is 0 Å². The number of rotatable bonds is 4. The summed E-state index contributed by atoms with van der Waals surface area (Å²) >= 11 is 0. The van der Waals surface area contributed by atoms with E-state index in [1.54, 1.807) is 91.0 Å². The monoisotopic (exact) mass is 540 g/mol. The fourth-order valence-corrected chi connectivity index (χ4v) is 5.02. The van der Waals surface area contributed by atoms with Gasteiger partial charge >= 0.3 is 11.9 Å². The lowest BCUT2D eigenvalue weighted by Crippen LogP contribution is -2.29. The van der Waals surface area contributed by atoms with Crippen LogP contribution in [-0.4, -0.2) is 23.5 Å². The standard InChI is InChI=1S/C35H24O6/c1-19-8-13-22(14-9-19)34(38)40-32-26-7-5-4-6-24(26)30(36)29-28(32)31(37)25-17-12-21(3)18-27(25)33(29)41-35(39)23-15-10-20(2)11-16-23/h4-18H,1-3H3. The zero-order valence-corrected chi connectivity index (χ0v) is 22.6. The van der Waals surface area contributed by atoms with E-state index in [1.165, 1.54) is 0 Å². The van der Waals surface area contributed by atoms with Gasteiger partial charge in [-0.05, 0) is 51.1 Å². The van der Waals surface area contributed by atoms with Crippen molar-refractivity contribution in [2.45, 2.75) is 20.8 Å². The zero-order valence-electron chi connectivity index (χ0n) is 22.6. The third-order valence-electron chi connectivity index (χ3n) is 7.20. The molecule has 0 bridgehead atoms. The fourth-order valence-electron chi connectivity index (χ4n) is 5.02. The maximum absolute atomic E-state index is 14.1. The molecular weight excluding hydrogens is 516 g/mol. The van der Waals surface area contributed by atoms with Crippen molar-refractivity contribution in [2.24, 2.45) is 0 Å². The van der Waals surface area contributed by atoms with Crippen LogP contribution in [0.25, 0.3) is 11.5 Å². The van der Waals surface area contributed by atoms with Crippen molar-refractivity contribution in [1.82, 2.24) is 0 Å². The molecule has 0 aliphatic heterocycles. The van der Waals surface area contributed by atoms with Gasteiger partial charge < -0.3 is 9.47 Å². The molecule has 0 atom stereocenters. The number of hydrogen-bond donors (Lipinski definition) is 0. The number of benzene rings is 4. The van der Waals surface area contributed by atoms with Crippen LogP contribution in [0.4, 0.5) is 0 Å². The molecular formula is C35H24O6. The third kappa shape index (κ3) is 4.49. The van der Waals surface area contributed by atoms with Crippen molar-refractivity contribution < 1.29 is 28.7 Å². The number of carbonyl (C=O) groups excluding carboxylic acids is 4. The van der Waals surface area contributed by atoms with Gasteiger partial charge in [0.2, 0.25) is 0 Å². The Morgan fingerprint density at radius 1 is 0.488 bits per heavy atom. The van der Waals surface area contributed by atoms with Crippen molar-refractivity contribution in [1.29, 1.82) is 0 Å². The number of allylic oxidation sites excluding steroid dienone is 2. The van der Waals surface area contributed by atoms with E-state index >= 15 is 0 Å². The Hall–Kier alpha value is -5.36. The molecule has 4 aromatic rings. The van der Waals surface area contributed by atoms with Crippen LogP contribution in [0.3, 0.4) is 0 Å². The van der Waals surface area contributed by atoms with E-state index < -0.39 is 23.5 Å². The molecule has 6 rings (SSSR count). The van der Waals surface area contributed by atoms with Gasteiger partial charge in [-0.3, -0.25) is 9.59 Å². The first-order valence-electron chi connectivity index (χ1n) is 13.1. The summed E-state index contributed by atoms with van der Waals surface area (Å²) in [4.78, 5) is 54.7. The highest BCUT2D eigenvalue weighted by Crippen LogP contribution is 2.45. The molecule has 0 amide bonds. The Morgan fingerprint density at radius 3 is 1.41 bits per heavy atom. The van der Waals surface area contributed by atoms with Crippen LogP contribution in [0.5, 0.6) is 0 Å². The minimum atomic E-state index is -0.684. The molecule has 200 valence electrons. The number of carbonyl (C=O) groups is 4. The minimum Gasteiger partial charge on any atom is -0.421 e. The Kier molecular flexibility index (Phi) is 6.31. The van der Waals surface area contributed by atoms with Gasteiger partial charge in [-0.15, -0.1) is 0 Å². The molecule has 0 saturated heterocycles. The summed E-state index contributed by atoms with van der Waals surface area (Å²) in [6.07, 6.45) is 0. The summed E-state index contributed by atoms with van der Waals surface area (Å²) in [5, 5.41) is 0. The quantitative estimate of drug-likeness (QED) is 0.264. The highest BCUT2D eigenvalue weighted by atomic mass is 16.5. The van der Waals surface area contributed by atoms with Crippen LogP contribution < -0.4 is 0 Å². The van der Waals surface area contributed by atoms with Gasteiger partial charge in [0.25, 0.3) is 0 Å². The second-order valence-corrected chi connectivity index (χ2v) is 10.2. The minimum absolute atomic E-state index is 0.0488. The van der Waals surface area contributed by atoms with E-state index in [2.05, 4.69) is 0 Å². The average molecular weight is 541 g/mol. The average Bonchev–Trinajstić information content (AvgIpc) is 2.97. The highest BCUT2D eigenvalue weighted by Gasteiger charge is 2.43. The molecule has 41 heavy (non-hydrogen) atoms. The van der Waals surface area contributed by atoms with E-state index in [1.807, 2.05) is 20.8 Å². The second-order valence-electron chi connectivity index (χ2n) is 10.2. The summed E-state index contributed by atoms with van der Waals surface area (Å²) in [5.74, 6) is -2.47. The molecule has 2 aliphatic carbocycles. The lowest BCUT2D eigenvalue weighted by Gasteiger charge is -2.29. The Bertz CT molecular complexity index is 1850. The van der Waals surface area contributed by atoms with E-state index in [-0.39, 0.29) is 44.9 Å². The third-order valence-corrected chi connectivity index (χ3v) is 7.20. The summed E-state index contributed by atoms with van der Waals surface area (Å²) in [5.41, 5.74) is 4.19. The Balaban J connectivity index is 1.59. The number of aryl methyl sites for hydroxylation is 3. The lowest BCUT2D eigenvalue weighted by atomic mass is 9.76. The molecule has 6 nitrogen and oxygen atoms in total. The molecule has 0 N–H and O–H groups in total. The fraction of sp³-hybridized carbons (Fsp3) is 0.0857. The van der Waals surface area contributed by atoms with Crippen LogP contribution in [0, 0.1) is 20.8 Å². The first-order valence-corrected chi connectivity index (χ1v) is 13.1. The predicted molar refractivity (Wildman–Crippen MR) is 153 cm³/mol. The maximum Gasteiger partial charge on any atom is 0.343 e. The predicted octanol–water partition coefficient (Wildman–Crippen LogP) is 6.84. The van der Waals surface area contributed by atoms with E-state index in [9.17, 15) is 19.2 Å². The van der Waals surface area contributed by atoms with Gasteiger partial charge in [-0.1, -0.05) is 77.4 Å². The molecule has 4 aromatic carbocycles. The van der Waals surface area contributed by atoms with Gasteiger partial charge in [0, 0.05) is 22.3 Å². The van der Waals surface area contributed by atoms with Crippen LogP contribution in [0.15, 0.2) is 102 Å². The van der Waals surface area contributed by atoms with Crippen LogP contribution in [0.2, 0.25) is 0 Å². The number of esters is 2. The number of hydrogen-bond acceptors (Lipinski definition) is 6. The van der Waals surface area contributed by atoms with Gasteiger partial charge in [0.05, 0.1) is 22.3 Å². The van der Waals surface area contributed by atoms with Gasteiger partial charge in [0.1, 0.15) is 0 Å². The Labute approximate surface area is 236 Å². The molecule has 0 unspecified atom stereocenters. The SMILES string of the molecule is Cc1ccc(C(=O)OC2=C3C(=O)c4ccc(C)cc4C(OC(=O)c4ccc(C)cc4)=C3C(=O)c3ccccc32)cc1. The second kappa shape index (κ2) is 9.99. The van der Waals surface area contributed by atoms with Crippen molar-refractivity contribution in [3.63, 3.8) is 0 Å². The van der Waals surface area contributed by atoms with Crippen molar-refractivity contribution in [3.8, 4) is 0 Å². The summed E-state index contributed by atoms with van der Waals surface area (Å²) in [6.45, 7) is 5.64. The maximum atomic E-state index is 14.1. The van der Waals surface area contributed by atoms with Crippen LogP contribution in [0.1, 0.15) is 69.2 Å². The summed E-state index contributed by atoms with van der Waals surface area (Å²) in [7, 11) is 0. The topological polar surface area (TPSA) is 86.7 Å². The van der Waals surface area contributed by atoms with E-state index in [0.717, 1.165) is 16.7 Å². The Morgan fingerprint density at radius 2 is 0.902 bits per heavy atom. The lowest BCUT2D eigenvalue weighted by molar-refractivity contribution is 0.0671. The van der Waals surface area contributed by atoms with Gasteiger partial charge in [-0.2, -0.15) is 0 Å².